The van der Waals surface area contributed by atoms with Crippen LogP contribution < -0.4 is 9.01 Å². The van der Waals surface area contributed by atoms with Gasteiger partial charge in [0.25, 0.3) is 0 Å². The lowest BCUT2D eigenvalue weighted by molar-refractivity contribution is -0.856. The summed E-state index contributed by atoms with van der Waals surface area (Å²) in [6.45, 7) is 1.90. The lowest BCUT2D eigenvalue weighted by atomic mass is 10.1. The molecule has 3 rings (SSSR count). The zero-order valence-corrected chi connectivity index (χ0v) is 13.4. The quantitative estimate of drug-likeness (QED) is 0.693. The number of nitrogens with zero attached hydrogens (tertiary/aromatic N) is 1. The fourth-order valence-corrected chi connectivity index (χ4v) is 3.03. The van der Waals surface area contributed by atoms with E-state index in [1.165, 1.54) is 16.9 Å². The van der Waals surface area contributed by atoms with Gasteiger partial charge < -0.3 is 0 Å². The van der Waals surface area contributed by atoms with E-state index in [0.717, 1.165) is 16.7 Å². The first-order valence-electron chi connectivity index (χ1n) is 7.13. The molecule has 1 heterocycles. The average Bonchev–Trinajstić information content (AvgIpc) is 2.56. The van der Waals surface area contributed by atoms with Crippen molar-refractivity contribution in [2.24, 2.45) is 0 Å². The maximum atomic E-state index is 12.2. The Morgan fingerprint density at radius 1 is 0.783 bits per heavy atom. The lowest BCUT2D eigenvalue weighted by Crippen LogP contribution is -2.44. The zero-order valence-electron chi connectivity index (χ0n) is 12.6. The van der Waals surface area contributed by atoms with Gasteiger partial charge in [-0.2, -0.15) is 8.42 Å². The average molecular weight is 326 g/mol. The molecule has 5 heteroatoms. The Morgan fingerprint density at radius 3 is 1.96 bits per heavy atom. The zero-order chi connectivity index (χ0) is 16.3. The van der Waals surface area contributed by atoms with Crippen molar-refractivity contribution in [2.75, 3.05) is 0 Å². The smallest absolute Gasteiger partial charge is 0.176 e. The molecule has 0 aliphatic rings. The van der Waals surface area contributed by atoms with Crippen molar-refractivity contribution in [3.05, 3.63) is 84.7 Å². The first-order valence-corrected chi connectivity index (χ1v) is 8.54. The molecule has 0 saturated heterocycles. The van der Waals surface area contributed by atoms with Crippen LogP contribution >= 0.6 is 0 Å². The summed E-state index contributed by atoms with van der Waals surface area (Å²) in [5, 5.41) is 0. The monoisotopic (exact) mass is 326 g/mol. The number of aryl methyl sites for hydroxylation is 1. The minimum atomic E-state index is -3.84. The summed E-state index contributed by atoms with van der Waals surface area (Å²) in [6.07, 6.45) is 3.15. The van der Waals surface area contributed by atoms with Crippen LogP contribution in [-0.2, 0) is 10.1 Å². The molecule has 116 valence electrons. The van der Waals surface area contributed by atoms with Gasteiger partial charge in [-0.3, -0.25) is 0 Å². The fourth-order valence-electron chi connectivity index (χ4n) is 2.15. The number of hydrogen-bond donors (Lipinski definition) is 0. The Morgan fingerprint density at radius 2 is 1.35 bits per heavy atom. The van der Waals surface area contributed by atoms with E-state index in [1.807, 2.05) is 37.3 Å². The summed E-state index contributed by atoms with van der Waals surface area (Å²) >= 11 is 0. The van der Waals surface area contributed by atoms with Crippen LogP contribution in [0.1, 0.15) is 5.56 Å². The normalized spacial score (nSPS) is 11.2. The number of rotatable bonds is 4. The van der Waals surface area contributed by atoms with Crippen molar-refractivity contribution in [3.8, 4) is 11.1 Å². The van der Waals surface area contributed by atoms with Gasteiger partial charge in [0, 0.05) is 16.9 Å². The lowest BCUT2D eigenvalue weighted by Gasteiger charge is -2.02. The van der Waals surface area contributed by atoms with E-state index < -0.39 is 10.1 Å². The molecule has 0 N–H and O–H groups in total. The number of pyridine rings is 1. The second kappa shape index (κ2) is 6.22. The fraction of sp³-hybridized carbons (Fsp3) is 0.0556. The molecule has 0 aliphatic heterocycles. The third-order valence-corrected chi connectivity index (χ3v) is 4.62. The Bertz CT molecular complexity index is 887. The largest absolute Gasteiger partial charge is 0.396 e. The maximum absolute atomic E-state index is 12.2. The predicted octanol–water partition coefficient (Wildman–Crippen LogP) is 2.77. The van der Waals surface area contributed by atoms with Gasteiger partial charge in [0.05, 0.1) is 0 Å². The number of aromatic nitrogens is 1. The van der Waals surface area contributed by atoms with Crippen molar-refractivity contribution < 1.29 is 17.4 Å². The van der Waals surface area contributed by atoms with E-state index in [9.17, 15) is 8.42 Å². The van der Waals surface area contributed by atoms with Gasteiger partial charge in [-0.05, 0) is 30.2 Å². The van der Waals surface area contributed by atoms with Gasteiger partial charge in [-0.1, -0.05) is 48.0 Å². The van der Waals surface area contributed by atoms with Gasteiger partial charge in [0.1, 0.15) is 4.90 Å². The molecule has 0 spiro atoms. The van der Waals surface area contributed by atoms with Gasteiger partial charge in [0.2, 0.25) is 12.4 Å². The van der Waals surface area contributed by atoms with Crippen LogP contribution in [0.25, 0.3) is 11.1 Å². The maximum Gasteiger partial charge on any atom is 0.396 e. The summed E-state index contributed by atoms with van der Waals surface area (Å²) in [5.41, 5.74) is 3.03. The molecule has 3 aromatic rings. The van der Waals surface area contributed by atoms with Crippen LogP contribution in [0, 0.1) is 6.92 Å². The minimum absolute atomic E-state index is 0.128. The van der Waals surface area contributed by atoms with Crippen molar-refractivity contribution in [1.29, 1.82) is 0 Å². The van der Waals surface area contributed by atoms with E-state index >= 15 is 0 Å². The summed E-state index contributed by atoms with van der Waals surface area (Å²) in [4.78, 5) is 0.128. The highest BCUT2D eigenvalue weighted by molar-refractivity contribution is 7.86. The molecule has 0 unspecified atom stereocenters. The molecule has 2 aromatic carbocycles. The predicted molar refractivity (Wildman–Crippen MR) is 87.0 cm³/mol. The highest BCUT2D eigenvalue weighted by Crippen LogP contribution is 2.16. The second-order valence-electron chi connectivity index (χ2n) is 5.15. The van der Waals surface area contributed by atoms with Gasteiger partial charge in [-0.25, -0.2) is 0 Å². The Kier molecular flexibility index (Phi) is 4.12. The first-order chi connectivity index (χ1) is 11.0. The summed E-state index contributed by atoms with van der Waals surface area (Å²) < 4.78 is 30.7. The molecule has 0 bridgehead atoms. The first kappa shape index (κ1) is 15.2. The SMILES string of the molecule is Cc1ccc(S(=O)(=O)O[n+]2ccc(-c3ccccc3)cc2)cc1. The number of benzene rings is 2. The number of hydrogen-bond acceptors (Lipinski definition) is 3. The Hall–Kier alpha value is -2.66. The van der Waals surface area contributed by atoms with E-state index in [0.29, 0.717) is 0 Å². The Balaban J connectivity index is 1.82. The molecule has 4 nitrogen and oxygen atoms in total. The molecule has 0 amide bonds. The highest BCUT2D eigenvalue weighted by Gasteiger charge is 2.21. The molecule has 23 heavy (non-hydrogen) atoms. The van der Waals surface area contributed by atoms with E-state index in [4.69, 9.17) is 4.28 Å². The summed E-state index contributed by atoms with van der Waals surface area (Å²) in [5.74, 6) is 0. The highest BCUT2D eigenvalue weighted by atomic mass is 32.2. The van der Waals surface area contributed by atoms with Crippen LogP contribution in [0.3, 0.4) is 0 Å². The Labute approximate surface area is 135 Å². The van der Waals surface area contributed by atoms with Crippen molar-refractivity contribution in [1.82, 2.24) is 0 Å². The van der Waals surface area contributed by atoms with E-state index in [1.54, 1.807) is 36.7 Å². The van der Waals surface area contributed by atoms with Crippen molar-refractivity contribution in [2.45, 2.75) is 11.8 Å². The molecule has 1 aromatic heterocycles. The van der Waals surface area contributed by atoms with Crippen molar-refractivity contribution >= 4 is 10.1 Å². The molecule has 0 saturated carbocycles. The molecular weight excluding hydrogens is 310 g/mol. The third kappa shape index (κ3) is 3.57. The van der Waals surface area contributed by atoms with Crippen LogP contribution in [0.15, 0.2) is 84.0 Å². The topological polar surface area (TPSA) is 47.3 Å². The molecular formula is C18H16NO3S+. The molecule has 0 radical (unpaired) electrons. The molecule has 0 aliphatic carbocycles. The van der Waals surface area contributed by atoms with Crippen LogP contribution in [0.4, 0.5) is 0 Å². The summed E-state index contributed by atoms with van der Waals surface area (Å²) in [7, 11) is -3.84. The van der Waals surface area contributed by atoms with Gasteiger partial charge in [0.15, 0.2) is 0 Å². The second-order valence-corrected chi connectivity index (χ2v) is 6.68. The summed E-state index contributed by atoms with van der Waals surface area (Å²) in [6, 6.07) is 20.0. The standard InChI is InChI=1S/C18H16NO3S/c1-15-7-9-18(10-8-15)23(20,21)22-19-13-11-17(12-14-19)16-5-3-2-4-6-16/h2-14H,1H3/q+1. The van der Waals surface area contributed by atoms with E-state index in [-0.39, 0.29) is 4.90 Å². The van der Waals surface area contributed by atoms with Crippen LogP contribution in [0.5, 0.6) is 0 Å². The van der Waals surface area contributed by atoms with E-state index in [2.05, 4.69) is 0 Å². The van der Waals surface area contributed by atoms with Crippen LogP contribution in [0.2, 0.25) is 0 Å². The minimum Gasteiger partial charge on any atom is -0.176 e. The van der Waals surface area contributed by atoms with Gasteiger partial charge >= 0.3 is 10.1 Å². The molecule has 0 atom stereocenters. The molecule has 0 fully saturated rings. The van der Waals surface area contributed by atoms with Gasteiger partial charge in [-0.15, -0.1) is 4.28 Å². The van der Waals surface area contributed by atoms with Crippen LogP contribution in [-0.4, -0.2) is 8.42 Å². The van der Waals surface area contributed by atoms with Crippen molar-refractivity contribution in [3.63, 3.8) is 0 Å². The third-order valence-electron chi connectivity index (χ3n) is 3.40.